The summed E-state index contributed by atoms with van der Waals surface area (Å²) in [4.78, 5) is 16.6. The number of nitrogens with one attached hydrogen (secondary N) is 1. The van der Waals surface area contributed by atoms with Gasteiger partial charge in [-0.2, -0.15) is 0 Å². The molecule has 1 aliphatic rings. The first-order chi connectivity index (χ1) is 13.6. The highest BCUT2D eigenvalue weighted by atomic mass is 16.5. The molecular formula is C22H26N2O4. The first-order valence-electron chi connectivity index (χ1n) is 9.55. The van der Waals surface area contributed by atoms with Crippen molar-refractivity contribution in [1.29, 1.82) is 0 Å². The molecule has 0 bridgehead atoms. The molecule has 0 spiro atoms. The van der Waals surface area contributed by atoms with Gasteiger partial charge in [0, 0.05) is 18.1 Å². The van der Waals surface area contributed by atoms with Crippen molar-refractivity contribution in [3.05, 3.63) is 36.0 Å². The number of methoxy groups -OCH3 is 1. The lowest BCUT2D eigenvalue weighted by atomic mass is 9.82. The minimum Gasteiger partial charge on any atom is -0.497 e. The fourth-order valence-electron chi connectivity index (χ4n) is 3.85. The maximum absolute atomic E-state index is 12.3. The van der Waals surface area contributed by atoms with Crippen LogP contribution in [-0.2, 0) is 9.53 Å². The van der Waals surface area contributed by atoms with Crippen molar-refractivity contribution in [2.75, 3.05) is 26.8 Å². The third-order valence-corrected chi connectivity index (χ3v) is 5.38. The molecule has 148 valence electrons. The molecule has 0 aliphatic carbocycles. The van der Waals surface area contributed by atoms with Crippen molar-refractivity contribution in [2.24, 2.45) is 11.8 Å². The van der Waals surface area contributed by atoms with Crippen molar-refractivity contribution < 1.29 is 19.4 Å². The second kappa shape index (κ2) is 9.54. The molecule has 3 rings (SSSR count). The van der Waals surface area contributed by atoms with Crippen LogP contribution in [0.1, 0.15) is 30.9 Å². The fraction of sp³-hybridized carbons (Fsp3) is 0.455. The monoisotopic (exact) mass is 382 g/mol. The number of aliphatic hydroxyl groups is 1. The smallest absolute Gasteiger partial charge is 0.311 e. The lowest BCUT2D eigenvalue weighted by molar-refractivity contribution is -0.149. The number of hydrogen-bond acceptors (Lipinski definition) is 6. The van der Waals surface area contributed by atoms with E-state index in [-0.39, 0.29) is 24.4 Å². The Morgan fingerprint density at radius 1 is 1.46 bits per heavy atom. The summed E-state index contributed by atoms with van der Waals surface area (Å²) in [6, 6.07) is 7.47. The lowest BCUT2D eigenvalue weighted by Crippen LogP contribution is -2.41. The summed E-state index contributed by atoms with van der Waals surface area (Å²) in [5.74, 6) is 2.72. The SMILES string of the molecule is C#CCOC(=O)[C@H]1CNCC[C@H]1CC[C@@H](O)c1ccnc2ccc(OC)cc12. The van der Waals surface area contributed by atoms with Crippen LogP contribution in [0.2, 0.25) is 0 Å². The molecule has 0 radical (unpaired) electrons. The maximum atomic E-state index is 12.3. The number of aromatic nitrogens is 1. The topological polar surface area (TPSA) is 80.7 Å². The van der Waals surface area contributed by atoms with E-state index in [9.17, 15) is 9.90 Å². The Morgan fingerprint density at radius 3 is 3.11 bits per heavy atom. The zero-order valence-electron chi connectivity index (χ0n) is 16.1. The molecule has 1 aromatic heterocycles. The van der Waals surface area contributed by atoms with Gasteiger partial charge in [0.2, 0.25) is 0 Å². The van der Waals surface area contributed by atoms with Crippen LogP contribution in [0, 0.1) is 24.2 Å². The van der Waals surface area contributed by atoms with E-state index >= 15 is 0 Å². The largest absolute Gasteiger partial charge is 0.497 e. The number of benzene rings is 1. The van der Waals surface area contributed by atoms with E-state index in [4.69, 9.17) is 15.9 Å². The number of aliphatic hydroxyl groups excluding tert-OH is 1. The average Bonchev–Trinajstić information content (AvgIpc) is 2.75. The van der Waals surface area contributed by atoms with Gasteiger partial charge in [0.25, 0.3) is 0 Å². The molecule has 6 heteroatoms. The number of esters is 1. The number of rotatable bonds is 7. The minimum absolute atomic E-state index is 0.00445. The Bertz CT molecular complexity index is 861. The summed E-state index contributed by atoms with van der Waals surface area (Å²) in [5.41, 5.74) is 1.64. The van der Waals surface area contributed by atoms with Crippen LogP contribution >= 0.6 is 0 Å². The number of hydrogen-bond donors (Lipinski definition) is 2. The molecule has 1 aliphatic heterocycles. The van der Waals surface area contributed by atoms with E-state index in [2.05, 4.69) is 16.2 Å². The van der Waals surface area contributed by atoms with E-state index in [1.807, 2.05) is 24.3 Å². The zero-order valence-corrected chi connectivity index (χ0v) is 16.1. The first-order valence-corrected chi connectivity index (χ1v) is 9.55. The van der Waals surface area contributed by atoms with Crippen LogP contribution in [-0.4, -0.2) is 42.9 Å². The molecular weight excluding hydrogens is 356 g/mol. The predicted octanol–water partition coefficient (Wildman–Crippen LogP) is 2.46. The van der Waals surface area contributed by atoms with E-state index in [0.29, 0.717) is 13.0 Å². The number of ether oxygens (including phenoxy) is 2. The van der Waals surface area contributed by atoms with E-state index < -0.39 is 6.10 Å². The minimum atomic E-state index is -0.644. The van der Waals surface area contributed by atoms with Crippen LogP contribution < -0.4 is 10.1 Å². The van der Waals surface area contributed by atoms with E-state index in [1.54, 1.807) is 13.3 Å². The summed E-state index contributed by atoms with van der Waals surface area (Å²) in [7, 11) is 1.62. The van der Waals surface area contributed by atoms with E-state index in [0.717, 1.165) is 41.6 Å². The van der Waals surface area contributed by atoms with E-state index in [1.165, 1.54) is 0 Å². The van der Waals surface area contributed by atoms with Gasteiger partial charge in [-0.15, -0.1) is 6.42 Å². The molecule has 2 aromatic rings. The number of fused-ring (bicyclic) bond motifs is 1. The molecule has 28 heavy (non-hydrogen) atoms. The Kier molecular flexibility index (Phi) is 6.85. The van der Waals surface area contributed by atoms with Crippen molar-refractivity contribution in [3.8, 4) is 18.1 Å². The zero-order chi connectivity index (χ0) is 19.9. The standard InChI is InChI=1S/C22H26N2O4/c1-3-12-28-22(26)19-14-23-10-8-15(19)4-7-21(25)17-9-11-24-20-6-5-16(27-2)13-18(17)20/h1,5-6,9,11,13,15,19,21,23,25H,4,7-8,10,12,14H2,2H3/t15-,19+,21-/m1/s1. The molecule has 2 N–H and O–H groups in total. The number of carbonyl (C=O) groups is 1. The molecule has 1 saturated heterocycles. The van der Waals surface area contributed by atoms with Gasteiger partial charge < -0.3 is 19.9 Å². The number of nitrogens with zero attached hydrogens (tertiary/aromatic N) is 1. The quantitative estimate of drug-likeness (QED) is 0.566. The molecule has 2 heterocycles. The van der Waals surface area contributed by atoms with Gasteiger partial charge in [0.05, 0.1) is 24.6 Å². The fourth-order valence-corrected chi connectivity index (χ4v) is 3.85. The van der Waals surface area contributed by atoms with Crippen molar-refractivity contribution in [1.82, 2.24) is 10.3 Å². The maximum Gasteiger partial charge on any atom is 0.311 e. The summed E-state index contributed by atoms with van der Waals surface area (Å²) in [6.45, 7) is 1.43. The summed E-state index contributed by atoms with van der Waals surface area (Å²) >= 11 is 0. The third kappa shape index (κ3) is 4.61. The Labute approximate surface area is 165 Å². The summed E-state index contributed by atoms with van der Waals surface area (Å²) < 4.78 is 10.4. The highest BCUT2D eigenvalue weighted by Gasteiger charge is 2.32. The molecule has 3 atom stereocenters. The van der Waals surface area contributed by atoms with Gasteiger partial charge in [-0.25, -0.2) is 0 Å². The first kappa shape index (κ1) is 20.1. The normalized spacial score (nSPS) is 20.3. The number of terminal acetylenes is 1. The van der Waals surface area contributed by atoms with Gasteiger partial charge in [0.1, 0.15) is 5.75 Å². The predicted molar refractivity (Wildman–Crippen MR) is 107 cm³/mol. The molecule has 0 saturated carbocycles. The van der Waals surface area contributed by atoms with Crippen LogP contribution in [0.3, 0.4) is 0 Å². The summed E-state index contributed by atoms with van der Waals surface area (Å²) in [6.07, 6.45) is 8.40. The Balaban J connectivity index is 1.70. The number of piperidine rings is 1. The molecule has 1 aromatic carbocycles. The second-order valence-corrected chi connectivity index (χ2v) is 7.05. The van der Waals surface area contributed by atoms with Crippen LogP contribution in [0.5, 0.6) is 5.75 Å². The van der Waals surface area contributed by atoms with Crippen LogP contribution in [0.4, 0.5) is 0 Å². The van der Waals surface area contributed by atoms with Crippen molar-refractivity contribution in [2.45, 2.75) is 25.4 Å². The highest BCUT2D eigenvalue weighted by molar-refractivity contribution is 5.83. The van der Waals surface area contributed by atoms with Crippen LogP contribution in [0.25, 0.3) is 10.9 Å². The van der Waals surface area contributed by atoms with Gasteiger partial charge in [-0.3, -0.25) is 9.78 Å². The van der Waals surface area contributed by atoms with Gasteiger partial charge in [-0.05, 0) is 61.6 Å². The molecule has 6 nitrogen and oxygen atoms in total. The van der Waals surface area contributed by atoms with Gasteiger partial charge >= 0.3 is 5.97 Å². The number of carbonyl (C=O) groups excluding carboxylic acids is 1. The lowest BCUT2D eigenvalue weighted by Gasteiger charge is -2.31. The second-order valence-electron chi connectivity index (χ2n) is 7.05. The highest BCUT2D eigenvalue weighted by Crippen LogP contribution is 2.32. The Hall–Kier alpha value is -2.62. The molecule has 0 unspecified atom stereocenters. The van der Waals surface area contributed by atoms with Crippen molar-refractivity contribution in [3.63, 3.8) is 0 Å². The van der Waals surface area contributed by atoms with Crippen molar-refractivity contribution >= 4 is 16.9 Å². The molecule has 0 amide bonds. The number of pyridine rings is 1. The van der Waals surface area contributed by atoms with Gasteiger partial charge in [0.15, 0.2) is 6.61 Å². The van der Waals surface area contributed by atoms with Gasteiger partial charge in [-0.1, -0.05) is 5.92 Å². The third-order valence-electron chi connectivity index (χ3n) is 5.38. The molecule has 1 fully saturated rings. The Morgan fingerprint density at radius 2 is 2.32 bits per heavy atom. The van der Waals surface area contributed by atoms with Crippen LogP contribution in [0.15, 0.2) is 30.5 Å². The summed E-state index contributed by atoms with van der Waals surface area (Å²) in [5, 5.41) is 15.0. The average molecular weight is 382 g/mol.